The molecular formula is C12H19NO3. The summed E-state index contributed by atoms with van der Waals surface area (Å²) in [6.07, 6.45) is 0.172. The van der Waals surface area contributed by atoms with E-state index in [-0.39, 0.29) is 13.2 Å². The summed E-state index contributed by atoms with van der Waals surface area (Å²) in [5.74, 6) is 0.761. The molecule has 16 heavy (non-hydrogen) atoms. The van der Waals surface area contributed by atoms with E-state index in [1.165, 1.54) is 0 Å². The molecule has 1 aromatic carbocycles. The lowest BCUT2D eigenvalue weighted by molar-refractivity contribution is 0.106. The fraction of sp³-hybridized carbons (Fsp3) is 0.500. The first-order valence-electron chi connectivity index (χ1n) is 5.50. The van der Waals surface area contributed by atoms with Crippen LogP contribution in [-0.4, -0.2) is 42.6 Å². The predicted molar refractivity (Wildman–Crippen MR) is 62.5 cm³/mol. The molecule has 0 spiro atoms. The average molecular weight is 225 g/mol. The molecule has 1 aromatic rings. The van der Waals surface area contributed by atoms with Crippen molar-refractivity contribution in [3.8, 4) is 5.75 Å². The Morgan fingerprint density at radius 2 is 2.00 bits per heavy atom. The fourth-order valence-electron chi connectivity index (χ4n) is 1.24. The van der Waals surface area contributed by atoms with Gasteiger partial charge >= 0.3 is 0 Å². The van der Waals surface area contributed by atoms with Gasteiger partial charge in [0.05, 0.1) is 0 Å². The smallest absolute Gasteiger partial charge is 0.119 e. The maximum Gasteiger partial charge on any atom is 0.119 e. The molecule has 0 radical (unpaired) electrons. The Bertz CT molecular complexity index is 266. The van der Waals surface area contributed by atoms with Gasteiger partial charge in [0.2, 0.25) is 0 Å². The molecule has 0 fully saturated rings. The van der Waals surface area contributed by atoms with Crippen LogP contribution in [0.2, 0.25) is 0 Å². The molecule has 0 aromatic heterocycles. The van der Waals surface area contributed by atoms with Crippen LogP contribution in [0.1, 0.15) is 6.42 Å². The topological polar surface area (TPSA) is 61.7 Å². The summed E-state index contributed by atoms with van der Waals surface area (Å²) in [5, 5.41) is 21.1. The predicted octanol–water partition coefficient (Wildman–Crippen LogP) is 0.398. The van der Waals surface area contributed by atoms with Crippen molar-refractivity contribution in [2.75, 3.05) is 26.3 Å². The van der Waals surface area contributed by atoms with Gasteiger partial charge in [-0.2, -0.15) is 0 Å². The fourth-order valence-corrected chi connectivity index (χ4v) is 1.24. The molecular weight excluding hydrogens is 206 g/mol. The van der Waals surface area contributed by atoms with E-state index in [9.17, 15) is 5.11 Å². The van der Waals surface area contributed by atoms with Crippen molar-refractivity contribution >= 4 is 0 Å². The molecule has 4 nitrogen and oxygen atoms in total. The summed E-state index contributed by atoms with van der Waals surface area (Å²) in [5.41, 5.74) is 0. The maximum atomic E-state index is 9.56. The molecule has 4 heteroatoms. The minimum absolute atomic E-state index is 0.170. The molecule has 0 saturated carbocycles. The summed E-state index contributed by atoms with van der Waals surface area (Å²) >= 11 is 0. The number of nitrogens with one attached hydrogen (secondary N) is 1. The normalized spacial score (nSPS) is 12.4. The standard InChI is InChI=1S/C12H19NO3/c14-8-4-7-13-9-11(15)10-16-12-5-2-1-3-6-12/h1-3,5-6,11,13-15H,4,7-10H2/t11-/m1/s1. The van der Waals surface area contributed by atoms with Gasteiger partial charge in [0.25, 0.3) is 0 Å². The minimum atomic E-state index is -0.529. The monoisotopic (exact) mass is 225 g/mol. The van der Waals surface area contributed by atoms with E-state index in [2.05, 4.69) is 5.32 Å². The van der Waals surface area contributed by atoms with Crippen LogP contribution in [0.3, 0.4) is 0 Å². The zero-order valence-electron chi connectivity index (χ0n) is 9.30. The van der Waals surface area contributed by atoms with Gasteiger partial charge in [0.1, 0.15) is 18.5 Å². The molecule has 1 rings (SSSR count). The quantitative estimate of drug-likeness (QED) is 0.560. The Kier molecular flexibility index (Phi) is 6.56. The highest BCUT2D eigenvalue weighted by Gasteiger charge is 2.03. The van der Waals surface area contributed by atoms with Crippen molar-refractivity contribution in [1.82, 2.24) is 5.32 Å². The zero-order chi connectivity index (χ0) is 11.6. The van der Waals surface area contributed by atoms with E-state index in [0.29, 0.717) is 19.5 Å². The number of para-hydroxylation sites is 1. The van der Waals surface area contributed by atoms with Crippen LogP contribution in [0, 0.1) is 0 Å². The van der Waals surface area contributed by atoms with Gasteiger partial charge in [0.15, 0.2) is 0 Å². The molecule has 3 N–H and O–H groups in total. The third-order valence-corrected chi connectivity index (χ3v) is 2.08. The van der Waals surface area contributed by atoms with Crippen molar-refractivity contribution in [2.45, 2.75) is 12.5 Å². The number of hydrogen-bond acceptors (Lipinski definition) is 4. The lowest BCUT2D eigenvalue weighted by Crippen LogP contribution is -2.32. The Balaban J connectivity index is 2.08. The number of aliphatic hydroxyl groups is 2. The van der Waals surface area contributed by atoms with Gasteiger partial charge in [-0.25, -0.2) is 0 Å². The molecule has 0 amide bonds. The molecule has 1 atom stereocenters. The Hall–Kier alpha value is -1.10. The van der Waals surface area contributed by atoms with Crippen molar-refractivity contribution in [3.63, 3.8) is 0 Å². The van der Waals surface area contributed by atoms with E-state index >= 15 is 0 Å². The molecule has 0 unspecified atom stereocenters. The molecule has 0 heterocycles. The molecule has 0 saturated heterocycles. The Morgan fingerprint density at radius 3 is 2.69 bits per heavy atom. The van der Waals surface area contributed by atoms with Crippen molar-refractivity contribution < 1.29 is 14.9 Å². The largest absolute Gasteiger partial charge is 0.491 e. The highest BCUT2D eigenvalue weighted by molar-refractivity contribution is 5.20. The first-order chi connectivity index (χ1) is 7.83. The molecule has 0 aliphatic rings. The summed E-state index contributed by atoms with van der Waals surface area (Å²) in [6.45, 7) is 1.63. The lowest BCUT2D eigenvalue weighted by atomic mass is 10.3. The number of benzene rings is 1. The van der Waals surface area contributed by atoms with E-state index in [4.69, 9.17) is 9.84 Å². The van der Waals surface area contributed by atoms with Gasteiger partial charge in [-0.15, -0.1) is 0 Å². The van der Waals surface area contributed by atoms with E-state index in [1.54, 1.807) is 0 Å². The molecule has 90 valence electrons. The minimum Gasteiger partial charge on any atom is -0.491 e. The maximum absolute atomic E-state index is 9.56. The highest BCUT2D eigenvalue weighted by atomic mass is 16.5. The van der Waals surface area contributed by atoms with Gasteiger partial charge in [-0.05, 0) is 25.1 Å². The Morgan fingerprint density at radius 1 is 1.25 bits per heavy atom. The molecule has 0 bridgehead atoms. The van der Waals surface area contributed by atoms with E-state index < -0.39 is 6.10 Å². The highest BCUT2D eigenvalue weighted by Crippen LogP contribution is 2.08. The van der Waals surface area contributed by atoms with Crippen LogP contribution in [-0.2, 0) is 0 Å². The second kappa shape index (κ2) is 8.10. The van der Waals surface area contributed by atoms with Gasteiger partial charge < -0.3 is 20.3 Å². The van der Waals surface area contributed by atoms with Crippen molar-refractivity contribution in [2.24, 2.45) is 0 Å². The zero-order valence-corrected chi connectivity index (χ0v) is 9.30. The molecule has 0 aliphatic carbocycles. The number of rotatable bonds is 8. The summed E-state index contributed by atoms with van der Waals surface area (Å²) in [4.78, 5) is 0. The summed E-state index contributed by atoms with van der Waals surface area (Å²) in [6, 6.07) is 9.40. The van der Waals surface area contributed by atoms with Crippen LogP contribution >= 0.6 is 0 Å². The number of ether oxygens (including phenoxy) is 1. The van der Waals surface area contributed by atoms with Crippen LogP contribution in [0.4, 0.5) is 0 Å². The van der Waals surface area contributed by atoms with Crippen LogP contribution in [0.15, 0.2) is 30.3 Å². The average Bonchev–Trinajstić information content (AvgIpc) is 2.33. The second-order valence-electron chi connectivity index (χ2n) is 3.56. The SMILES string of the molecule is OCCCNC[C@@H](O)COc1ccccc1. The Labute approximate surface area is 95.9 Å². The van der Waals surface area contributed by atoms with Crippen molar-refractivity contribution in [1.29, 1.82) is 0 Å². The number of hydrogen-bond donors (Lipinski definition) is 3. The van der Waals surface area contributed by atoms with Crippen LogP contribution < -0.4 is 10.1 Å². The number of aliphatic hydroxyl groups excluding tert-OH is 2. The van der Waals surface area contributed by atoms with Gasteiger partial charge in [-0.3, -0.25) is 0 Å². The van der Waals surface area contributed by atoms with Gasteiger partial charge in [0, 0.05) is 13.2 Å². The molecule has 0 aliphatic heterocycles. The van der Waals surface area contributed by atoms with Crippen molar-refractivity contribution in [3.05, 3.63) is 30.3 Å². The van der Waals surface area contributed by atoms with E-state index in [0.717, 1.165) is 5.75 Å². The summed E-state index contributed by atoms with van der Waals surface area (Å²) < 4.78 is 5.39. The van der Waals surface area contributed by atoms with E-state index in [1.807, 2.05) is 30.3 Å². The third-order valence-electron chi connectivity index (χ3n) is 2.08. The first-order valence-corrected chi connectivity index (χ1v) is 5.50. The van der Waals surface area contributed by atoms with Gasteiger partial charge in [-0.1, -0.05) is 18.2 Å². The first kappa shape index (κ1) is 13.0. The lowest BCUT2D eigenvalue weighted by Gasteiger charge is -2.12. The summed E-state index contributed by atoms with van der Waals surface area (Å²) in [7, 11) is 0. The second-order valence-corrected chi connectivity index (χ2v) is 3.56. The van der Waals surface area contributed by atoms with Crippen LogP contribution in [0.25, 0.3) is 0 Å². The third kappa shape index (κ3) is 5.70. The van der Waals surface area contributed by atoms with Crippen LogP contribution in [0.5, 0.6) is 5.75 Å².